The number of aromatic nitrogens is 1. The molecule has 19 heavy (non-hydrogen) atoms. The van der Waals surface area contributed by atoms with E-state index < -0.39 is 10.0 Å². The van der Waals surface area contributed by atoms with Gasteiger partial charge in [0.1, 0.15) is 0 Å². The maximum atomic E-state index is 11.9. The third kappa shape index (κ3) is 3.43. The molecule has 1 aromatic heterocycles. The van der Waals surface area contributed by atoms with Gasteiger partial charge in [-0.05, 0) is 6.92 Å². The molecule has 0 unspecified atom stereocenters. The Kier molecular flexibility index (Phi) is 4.38. The van der Waals surface area contributed by atoms with Crippen LogP contribution in [0.4, 0.5) is 9.93 Å². The Morgan fingerprint density at radius 2 is 2.11 bits per heavy atom. The van der Waals surface area contributed by atoms with Crippen LogP contribution in [0.1, 0.15) is 6.92 Å². The van der Waals surface area contributed by atoms with Gasteiger partial charge in [-0.2, -0.15) is 4.31 Å². The number of thiazole rings is 1. The zero-order chi connectivity index (χ0) is 13.9. The van der Waals surface area contributed by atoms with Gasteiger partial charge in [-0.15, -0.1) is 11.3 Å². The predicted molar refractivity (Wildman–Crippen MR) is 73.7 cm³/mol. The van der Waals surface area contributed by atoms with Gasteiger partial charge in [-0.1, -0.05) is 0 Å². The minimum Gasteiger partial charge on any atom is -0.322 e. The summed E-state index contributed by atoms with van der Waals surface area (Å²) in [5.74, 6) is 0.0955. The highest BCUT2D eigenvalue weighted by molar-refractivity contribution is 7.89. The molecule has 2 heterocycles. The summed E-state index contributed by atoms with van der Waals surface area (Å²) >= 11 is 1.35. The van der Waals surface area contributed by atoms with E-state index in [4.69, 9.17) is 0 Å². The van der Waals surface area contributed by atoms with Gasteiger partial charge in [0.25, 0.3) is 0 Å². The number of amides is 2. The van der Waals surface area contributed by atoms with Crippen LogP contribution < -0.4 is 5.32 Å². The number of anilines is 1. The lowest BCUT2D eigenvalue weighted by Crippen LogP contribution is -2.51. The number of nitrogens with one attached hydrogen (secondary N) is 1. The van der Waals surface area contributed by atoms with Crippen molar-refractivity contribution in [3.63, 3.8) is 0 Å². The number of carbonyl (C=O) groups excluding carboxylic acids is 1. The summed E-state index contributed by atoms with van der Waals surface area (Å²) in [7, 11) is -3.16. The number of sulfonamides is 1. The fraction of sp³-hybridized carbons (Fsp3) is 0.600. The minimum absolute atomic E-state index is 0.0955. The molecule has 7 nitrogen and oxygen atoms in total. The maximum Gasteiger partial charge on any atom is 0.323 e. The zero-order valence-corrected chi connectivity index (χ0v) is 12.2. The van der Waals surface area contributed by atoms with E-state index >= 15 is 0 Å². The van der Waals surface area contributed by atoms with E-state index in [-0.39, 0.29) is 11.8 Å². The first kappa shape index (κ1) is 14.2. The van der Waals surface area contributed by atoms with E-state index in [0.29, 0.717) is 31.3 Å². The van der Waals surface area contributed by atoms with Gasteiger partial charge in [0.2, 0.25) is 10.0 Å². The van der Waals surface area contributed by atoms with Crippen LogP contribution in [0, 0.1) is 0 Å². The average Bonchev–Trinajstić information content (AvgIpc) is 2.91. The second kappa shape index (κ2) is 5.85. The summed E-state index contributed by atoms with van der Waals surface area (Å²) in [5, 5.41) is 5.01. The SMILES string of the molecule is CCS(=O)(=O)N1CCN(C(=O)Nc2nccs2)CC1. The molecule has 0 spiro atoms. The summed E-state index contributed by atoms with van der Waals surface area (Å²) < 4.78 is 24.8. The molecule has 0 aromatic carbocycles. The standard InChI is InChI=1S/C10H16N4O3S2/c1-2-19(16,17)14-6-4-13(5-7-14)10(15)12-9-11-3-8-18-9/h3,8H,2,4-7H2,1H3,(H,11,12,15). The van der Waals surface area contributed by atoms with Crippen molar-refractivity contribution in [3.05, 3.63) is 11.6 Å². The second-order valence-electron chi connectivity index (χ2n) is 4.05. The quantitative estimate of drug-likeness (QED) is 0.888. The summed E-state index contributed by atoms with van der Waals surface area (Å²) in [4.78, 5) is 17.5. The van der Waals surface area contributed by atoms with E-state index in [9.17, 15) is 13.2 Å². The van der Waals surface area contributed by atoms with Crippen LogP contribution in [-0.4, -0.2) is 60.6 Å². The van der Waals surface area contributed by atoms with Gasteiger partial charge in [0.15, 0.2) is 5.13 Å². The lowest BCUT2D eigenvalue weighted by atomic mass is 10.4. The molecule has 0 bridgehead atoms. The first-order valence-electron chi connectivity index (χ1n) is 5.96. The number of rotatable bonds is 3. The zero-order valence-electron chi connectivity index (χ0n) is 10.6. The molecule has 0 atom stereocenters. The first-order valence-corrected chi connectivity index (χ1v) is 8.45. The number of hydrogen-bond donors (Lipinski definition) is 1. The minimum atomic E-state index is -3.16. The molecule has 0 saturated carbocycles. The largest absolute Gasteiger partial charge is 0.323 e. The van der Waals surface area contributed by atoms with Crippen LogP contribution in [0.5, 0.6) is 0 Å². The van der Waals surface area contributed by atoms with Crippen molar-refractivity contribution in [2.45, 2.75) is 6.92 Å². The van der Waals surface area contributed by atoms with Crippen molar-refractivity contribution in [3.8, 4) is 0 Å². The molecule has 1 aromatic rings. The Morgan fingerprint density at radius 1 is 1.42 bits per heavy atom. The van der Waals surface area contributed by atoms with Gasteiger partial charge in [0.05, 0.1) is 5.75 Å². The Hall–Kier alpha value is -1.19. The second-order valence-corrected chi connectivity index (χ2v) is 7.21. The van der Waals surface area contributed by atoms with Crippen LogP contribution in [-0.2, 0) is 10.0 Å². The van der Waals surface area contributed by atoms with Gasteiger partial charge in [-0.25, -0.2) is 18.2 Å². The molecular formula is C10H16N4O3S2. The predicted octanol–water partition coefficient (Wildman–Crippen LogP) is 0.642. The van der Waals surface area contributed by atoms with Crippen molar-refractivity contribution < 1.29 is 13.2 Å². The van der Waals surface area contributed by atoms with Crippen LogP contribution in [0.25, 0.3) is 0 Å². The summed E-state index contributed by atoms with van der Waals surface area (Å²) in [5.41, 5.74) is 0. The smallest absolute Gasteiger partial charge is 0.322 e. The van der Waals surface area contributed by atoms with E-state index in [0.717, 1.165) is 0 Å². The fourth-order valence-electron chi connectivity index (χ4n) is 1.81. The normalized spacial score (nSPS) is 17.4. The highest BCUT2D eigenvalue weighted by atomic mass is 32.2. The van der Waals surface area contributed by atoms with Gasteiger partial charge in [-0.3, -0.25) is 5.32 Å². The highest BCUT2D eigenvalue weighted by Crippen LogP contribution is 2.13. The van der Waals surface area contributed by atoms with Crippen molar-refractivity contribution in [2.24, 2.45) is 0 Å². The van der Waals surface area contributed by atoms with Crippen molar-refractivity contribution in [2.75, 3.05) is 37.2 Å². The molecule has 106 valence electrons. The molecule has 9 heteroatoms. The molecule has 1 saturated heterocycles. The van der Waals surface area contributed by atoms with Gasteiger partial charge in [0, 0.05) is 37.8 Å². The Morgan fingerprint density at radius 3 is 2.63 bits per heavy atom. The van der Waals surface area contributed by atoms with Crippen LogP contribution in [0.15, 0.2) is 11.6 Å². The number of carbonyl (C=O) groups is 1. The lowest BCUT2D eigenvalue weighted by molar-refractivity contribution is 0.184. The molecule has 1 aliphatic rings. The number of hydrogen-bond acceptors (Lipinski definition) is 5. The van der Waals surface area contributed by atoms with E-state index in [1.54, 1.807) is 23.4 Å². The number of urea groups is 1. The third-order valence-corrected chi connectivity index (χ3v) is 5.50. The average molecular weight is 304 g/mol. The molecule has 1 aliphatic heterocycles. The molecule has 2 rings (SSSR count). The fourth-order valence-corrected chi connectivity index (χ4v) is 3.41. The molecular weight excluding hydrogens is 288 g/mol. The van der Waals surface area contributed by atoms with Crippen LogP contribution >= 0.6 is 11.3 Å². The first-order chi connectivity index (χ1) is 9.03. The summed E-state index contributed by atoms with van der Waals surface area (Å²) in [6, 6.07) is -0.233. The Bertz CT molecular complexity index is 521. The number of piperazine rings is 1. The molecule has 0 aliphatic carbocycles. The van der Waals surface area contributed by atoms with E-state index in [2.05, 4.69) is 10.3 Å². The molecule has 2 amide bonds. The van der Waals surface area contributed by atoms with Crippen LogP contribution in [0.2, 0.25) is 0 Å². The highest BCUT2D eigenvalue weighted by Gasteiger charge is 2.27. The Balaban J connectivity index is 1.88. The summed E-state index contributed by atoms with van der Waals surface area (Å²) in [6.07, 6.45) is 1.62. The number of nitrogens with zero attached hydrogens (tertiary/aromatic N) is 3. The molecule has 1 fully saturated rings. The van der Waals surface area contributed by atoms with Crippen molar-refractivity contribution >= 4 is 32.5 Å². The molecule has 0 radical (unpaired) electrons. The molecule has 1 N–H and O–H groups in total. The topological polar surface area (TPSA) is 82.6 Å². The van der Waals surface area contributed by atoms with Crippen molar-refractivity contribution in [1.82, 2.24) is 14.2 Å². The van der Waals surface area contributed by atoms with E-state index in [1.807, 2.05) is 0 Å². The monoisotopic (exact) mass is 304 g/mol. The van der Waals surface area contributed by atoms with Gasteiger partial charge >= 0.3 is 6.03 Å². The lowest BCUT2D eigenvalue weighted by Gasteiger charge is -2.33. The van der Waals surface area contributed by atoms with Crippen LogP contribution in [0.3, 0.4) is 0 Å². The summed E-state index contributed by atoms with van der Waals surface area (Å²) in [6.45, 7) is 3.12. The third-order valence-electron chi connectivity index (χ3n) is 2.93. The van der Waals surface area contributed by atoms with Crippen molar-refractivity contribution in [1.29, 1.82) is 0 Å². The maximum absolute atomic E-state index is 11.9. The Labute approximate surface area is 116 Å². The van der Waals surface area contributed by atoms with E-state index in [1.165, 1.54) is 15.6 Å². The van der Waals surface area contributed by atoms with Gasteiger partial charge < -0.3 is 4.90 Å².